The van der Waals surface area contributed by atoms with Gasteiger partial charge in [-0.25, -0.2) is 0 Å². The van der Waals surface area contributed by atoms with Crippen molar-refractivity contribution in [2.45, 2.75) is 0 Å². The highest BCUT2D eigenvalue weighted by molar-refractivity contribution is 9.10. The topological polar surface area (TPSA) is 53.6 Å². The quantitative estimate of drug-likeness (QED) is 0.749. The van der Waals surface area contributed by atoms with Gasteiger partial charge in [0, 0.05) is 43.7 Å². The number of amides is 1. The summed E-state index contributed by atoms with van der Waals surface area (Å²) in [6.07, 6.45) is 0. The van der Waals surface area contributed by atoms with E-state index in [9.17, 15) is 4.79 Å². The van der Waals surface area contributed by atoms with Gasteiger partial charge in [-0.05, 0) is 18.2 Å². The SMILES string of the molecule is Cl.O=C(COc1ccc(Br)cc1Cl)NCCN1CCNCC1. The second kappa shape index (κ2) is 10.3. The molecule has 5 nitrogen and oxygen atoms in total. The van der Waals surface area contributed by atoms with E-state index in [0.717, 1.165) is 37.2 Å². The van der Waals surface area contributed by atoms with Crippen molar-refractivity contribution < 1.29 is 9.53 Å². The van der Waals surface area contributed by atoms with Crippen LogP contribution >= 0.6 is 39.9 Å². The molecule has 0 unspecified atom stereocenters. The Morgan fingerprint density at radius 2 is 2.14 bits per heavy atom. The van der Waals surface area contributed by atoms with Gasteiger partial charge in [0.05, 0.1) is 5.02 Å². The fourth-order valence-electron chi connectivity index (χ4n) is 2.07. The molecule has 0 radical (unpaired) electrons. The third-order valence-corrected chi connectivity index (χ3v) is 4.00. The van der Waals surface area contributed by atoms with Crippen LogP contribution in [0.25, 0.3) is 0 Å². The van der Waals surface area contributed by atoms with Gasteiger partial charge in [-0.15, -0.1) is 12.4 Å². The Hall–Kier alpha value is -0.530. The van der Waals surface area contributed by atoms with Crippen LogP contribution in [0.4, 0.5) is 0 Å². The molecule has 0 bridgehead atoms. The number of nitrogens with one attached hydrogen (secondary N) is 2. The molecular weight excluding hydrogens is 393 g/mol. The molecule has 1 fully saturated rings. The van der Waals surface area contributed by atoms with Crippen molar-refractivity contribution in [1.82, 2.24) is 15.5 Å². The van der Waals surface area contributed by atoms with Crippen LogP contribution in [0.5, 0.6) is 5.75 Å². The summed E-state index contributed by atoms with van der Waals surface area (Å²) < 4.78 is 6.28. The molecule has 2 rings (SSSR count). The molecule has 0 aliphatic carbocycles. The molecule has 124 valence electrons. The zero-order valence-corrected chi connectivity index (χ0v) is 15.3. The zero-order chi connectivity index (χ0) is 15.1. The minimum atomic E-state index is -0.135. The van der Waals surface area contributed by atoms with Crippen LogP contribution in [0, 0.1) is 0 Å². The van der Waals surface area contributed by atoms with Gasteiger partial charge >= 0.3 is 0 Å². The molecule has 0 atom stereocenters. The first-order chi connectivity index (χ1) is 10.1. The number of nitrogens with zero attached hydrogens (tertiary/aromatic N) is 1. The molecule has 1 aromatic carbocycles. The Bertz CT molecular complexity index is 485. The van der Waals surface area contributed by atoms with E-state index in [4.69, 9.17) is 16.3 Å². The summed E-state index contributed by atoms with van der Waals surface area (Å²) in [5.41, 5.74) is 0. The summed E-state index contributed by atoms with van der Waals surface area (Å²) in [5.74, 6) is 0.376. The molecule has 8 heteroatoms. The third kappa shape index (κ3) is 6.71. The minimum absolute atomic E-state index is 0. The molecule has 0 saturated carbocycles. The van der Waals surface area contributed by atoms with Crippen LogP contribution in [-0.2, 0) is 4.79 Å². The highest BCUT2D eigenvalue weighted by Gasteiger charge is 2.10. The number of benzene rings is 1. The third-order valence-electron chi connectivity index (χ3n) is 3.21. The van der Waals surface area contributed by atoms with Crippen LogP contribution in [-0.4, -0.2) is 56.7 Å². The van der Waals surface area contributed by atoms with Gasteiger partial charge in [0.2, 0.25) is 0 Å². The molecule has 1 saturated heterocycles. The summed E-state index contributed by atoms with van der Waals surface area (Å²) in [6.45, 7) is 5.56. The number of rotatable bonds is 6. The van der Waals surface area contributed by atoms with E-state index in [1.165, 1.54) is 0 Å². The van der Waals surface area contributed by atoms with E-state index in [2.05, 4.69) is 31.5 Å². The molecule has 1 amide bonds. The molecule has 1 aliphatic rings. The summed E-state index contributed by atoms with van der Waals surface area (Å²) >= 11 is 9.34. The Balaban J connectivity index is 0.00000242. The fourth-order valence-corrected chi connectivity index (χ4v) is 2.80. The lowest BCUT2D eigenvalue weighted by Crippen LogP contribution is -2.46. The van der Waals surface area contributed by atoms with Crippen LogP contribution in [0.2, 0.25) is 5.02 Å². The first-order valence-corrected chi connectivity index (χ1v) is 8.10. The van der Waals surface area contributed by atoms with E-state index >= 15 is 0 Å². The van der Waals surface area contributed by atoms with Crippen LogP contribution in [0.15, 0.2) is 22.7 Å². The summed E-state index contributed by atoms with van der Waals surface area (Å²) in [6, 6.07) is 5.29. The number of hydrogen-bond acceptors (Lipinski definition) is 4. The van der Waals surface area contributed by atoms with Gasteiger partial charge in [0.25, 0.3) is 5.91 Å². The highest BCUT2D eigenvalue weighted by Crippen LogP contribution is 2.27. The summed E-state index contributed by atoms with van der Waals surface area (Å²) in [7, 11) is 0. The predicted octanol–water partition coefficient (Wildman–Crippen LogP) is 1.92. The minimum Gasteiger partial charge on any atom is -0.482 e. The molecule has 1 aliphatic heterocycles. The average molecular weight is 413 g/mol. The lowest BCUT2D eigenvalue weighted by molar-refractivity contribution is -0.123. The predicted molar refractivity (Wildman–Crippen MR) is 94.2 cm³/mol. The van der Waals surface area contributed by atoms with E-state index in [-0.39, 0.29) is 24.9 Å². The Morgan fingerprint density at radius 1 is 1.41 bits per heavy atom. The zero-order valence-electron chi connectivity index (χ0n) is 12.1. The monoisotopic (exact) mass is 411 g/mol. The van der Waals surface area contributed by atoms with E-state index < -0.39 is 0 Å². The van der Waals surface area contributed by atoms with Gasteiger partial charge in [-0.1, -0.05) is 27.5 Å². The van der Waals surface area contributed by atoms with Gasteiger partial charge in [0.15, 0.2) is 6.61 Å². The average Bonchev–Trinajstić information content (AvgIpc) is 2.47. The van der Waals surface area contributed by atoms with Crippen molar-refractivity contribution in [3.63, 3.8) is 0 Å². The molecule has 1 heterocycles. The molecule has 22 heavy (non-hydrogen) atoms. The number of carbonyl (C=O) groups is 1. The van der Waals surface area contributed by atoms with Gasteiger partial charge in [-0.2, -0.15) is 0 Å². The van der Waals surface area contributed by atoms with Crippen molar-refractivity contribution in [2.24, 2.45) is 0 Å². The maximum Gasteiger partial charge on any atom is 0.257 e. The van der Waals surface area contributed by atoms with Crippen molar-refractivity contribution in [1.29, 1.82) is 0 Å². The lowest BCUT2D eigenvalue weighted by Gasteiger charge is -2.27. The van der Waals surface area contributed by atoms with Crippen molar-refractivity contribution >= 4 is 45.8 Å². The van der Waals surface area contributed by atoms with Gasteiger partial charge in [-0.3, -0.25) is 9.69 Å². The first-order valence-electron chi connectivity index (χ1n) is 6.93. The smallest absolute Gasteiger partial charge is 0.257 e. The van der Waals surface area contributed by atoms with Crippen LogP contribution in [0.3, 0.4) is 0 Å². The fraction of sp³-hybridized carbons (Fsp3) is 0.500. The number of halogens is 3. The second-order valence-electron chi connectivity index (χ2n) is 4.81. The van der Waals surface area contributed by atoms with E-state index in [0.29, 0.717) is 17.3 Å². The lowest BCUT2D eigenvalue weighted by atomic mass is 10.3. The Kier molecular flexibility index (Phi) is 9.12. The number of piperazine rings is 1. The summed E-state index contributed by atoms with van der Waals surface area (Å²) in [4.78, 5) is 14.0. The van der Waals surface area contributed by atoms with Crippen molar-refractivity contribution in [2.75, 3.05) is 45.9 Å². The van der Waals surface area contributed by atoms with Crippen LogP contribution in [0.1, 0.15) is 0 Å². The highest BCUT2D eigenvalue weighted by atomic mass is 79.9. The van der Waals surface area contributed by atoms with Crippen LogP contribution < -0.4 is 15.4 Å². The molecule has 1 aromatic rings. The van der Waals surface area contributed by atoms with Gasteiger partial charge < -0.3 is 15.4 Å². The molecule has 2 N–H and O–H groups in total. The number of ether oxygens (including phenoxy) is 1. The molecule has 0 spiro atoms. The van der Waals surface area contributed by atoms with Crippen molar-refractivity contribution in [3.05, 3.63) is 27.7 Å². The van der Waals surface area contributed by atoms with Gasteiger partial charge in [0.1, 0.15) is 5.75 Å². The number of carbonyl (C=O) groups excluding carboxylic acids is 1. The Morgan fingerprint density at radius 3 is 2.82 bits per heavy atom. The second-order valence-corrected chi connectivity index (χ2v) is 6.13. The maximum absolute atomic E-state index is 11.7. The number of hydrogen-bond donors (Lipinski definition) is 2. The first kappa shape index (κ1) is 19.5. The van der Waals surface area contributed by atoms with E-state index in [1.807, 2.05) is 6.07 Å². The normalized spacial score (nSPS) is 15.0. The molecular formula is C14H20BrCl2N3O2. The largest absolute Gasteiger partial charge is 0.482 e. The summed E-state index contributed by atoms with van der Waals surface area (Å²) in [5, 5.41) is 6.63. The van der Waals surface area contributed by atoms with Crippen molar-refractivity contribution in [3.8, 4) is 5.75 Å². The molecule has 0 aromatic heterocycles. The Labute approximate surface area is 150 Å². The van der Waals surface area contributed by atoms with E-state index in [1.54, 1.807) is 12.1 Å². The standard InChI is InChI=1S/C14H19BrClN3O2.ClH/c15-11-1-2-13(12(16)9-11)21-10-14(20)18-5-8-19-6-3-17-4-7-19;/h1-2,9,17H,3-8,10H2,(H,18,20);1H. The maximum atomic E-state index is 11.7.